The lowest BCUT2D eigenvalue weighted by atomic mass is 10.0. The molecular weight excluding hydrogens is 403 g/mol. The molecule has 1 aliphatic heterocycles. The van der Waals surface area contributed by atoms with E-state index in [0.717, 1.165) is 11.1 Å². The second-order valence-electron chi connectivity index (χ2n) is 7.32. The van der Waals surface area contributed by atoms with Gasteiger partial charge >= 0.3 is 0 Å². The van der Waals surface area contributed by atoms with Gasteiger partial charge in [-0.3, -0.25) is 9.59 Å². The quantitative estimate of drug-likeness (QED) is 0.589. The summed E-state index contributed by atoms with van der Waals surface area (Å²) in [6.45, 7) is 2.23. The van der Waals surface area contributed by atoms with Gasteiger partial charge < -0.3 is 10.2 Å². The van der Waals surface area contributed by atoms with E-state index in [9.17, 15) is 14.0 Å². The summed E-state index contributed by atoms with van der Waals surface area (Å²) in [5.41, 5.74) is 3.66. The minimum absolute atomic E-state index is 0.0390. The summed E-state index contributed by atoms with van der Waals surface area (Å²) in [7, 11) is 0. The highest BCUT2D eigenvalue weighted by Gasteiger charge is 2.34. The van der Waals surface area contributed by atoms with E-state index in [0.29, 0.717) is 28.4 Å². The number of nitrogens with one attached hydrogen (secondary N) is 1. The maximum absolute atomic E-state index is 13.5. The fourth-order valence-electron chi connectivity index (χ4n) is 3.74. The number of halogens is 2. The van der Waals surface area contributed by atoms with Gasteiger partial charge in [0.05, 0.1) is 12.5 Å². The van der Waals surface area contributed by atoms with Crippen LogP contribution in [0, 0.1) is 12.7 Å². The second-order valence-corrected chi connectivity index (χ2v) is 7.73. The molecule has 1 heterocycles. The lowest BCUT2D eigenvalue weighted by Crippen LogP contribution is -2.32. The largest absolute Gasteiger partial charge is 0.327 e. The summed E-state index contributed by atoms with van der Waals surface area (Å²) in [6, 6.07) is 18.1. The van der Waals surface area contributed by atoms with E-state index >= 15 is 0 Å². The van der Waals surface area contributed by atoms with Crippen LogP contribution < -0.4 is 5.32 Å². The van der Waals surface area contributed by atoms with Crippen LogP contribution in [0.15, 0.2) is 66.7 Å². The van der Waals surface area contributed by atoms with Crippen molar-refractivity contribution in [3.8, 4) is 0 Å². The van der Waals surface area contributed by atoms with Gasteiger partial charge in [-0.05, 0) is 53.9 Å². The number of carbonyl (C=O) groups excluding carboxylic acids is 2. The summed E-state index contributed by atoms with van der Waals surface area (Å²) in [4.78, 5) is 27.6. The number of hydrogen-bond donors (Lipinski definition) is 1. The zero-order valence-corrected chi connectivity index (χ0v) is 17.1. The van der Waals surface area contributed by atoms with Crippen LogP contribution in [0.4, 0.5) is 10.1 Å². The molecule has 0 aliphatic carbocycles. The Bertz CT molecular complexity index is 1110. The normalized spacial score (nSPS) is 13.8. The average Bonchev–Trinajstić information content (AvgIpc) is 3.07. The minimum atomic E-state index is -0.523. The van der Waals surface area contributed by atoms with E-state index in [1.165, 1.54) is 12.1 Å². The van der Waals surface area contributed by atoms with Gasteiger partial charge in [-0.15, -0.1) is 0 Å². The third-order valence-electron chi connectivity index (χ3n) is 5.40. The Morgan fingerprint density at radius 2 is 1.83 bits per heavy atom. The molecule has 0 aromatic heterocycles. The lowest BCUT2D eigenvalue weighted by molar-refractivity contribution is -0.117. The van der Waals surface area contributed by atoms with Gasteiger partial charge in [0.15, 0.2) is 0 Å². The molecular formula is C24H20ClFN2O2. The molecule has 6 heteroatoms. The highest BCUT2D eigenvalue weighted by molar-refractivity contribution is 6.31. The first kappa shape index (κ1) is 20.1. The highest BCUT2D eigenvalue weighted by Crippen LogP contribution is 2.34. The Labute approximate surface area is 179 Å². The summed E-state index contributed by atoms with van der Waals surface area (Å²) < 4.78 is 13.5. The van der Waals surface area contributed by atoms with Crippen LogP contribution in [0.1, 0.15) is 39.5 Å². The standard InChI is InChI=1S/C24H20ClFN2O2/c1-15-20(25)7-4-8-21(15)27-23(29)13-22(16-9-11-18(26)12-10-16)28-14-17-5-2-3-6-19(17)24(28)30/h2-12,22H,13-14H2,1H3,(H,27,29)/t22-/m0/s1. The summed E-state index contributed by atoms with van der Waals surface area (Å²) in [6.07, 6.45) is 0.0390. The van der Waals surface area contributed by atoms with Gasteiger partial charge in [-0.1, -0.05) is 48.0 Å². The van der Waals surface area contributed by atoms with Crippen molar-refractivity contribution in [1.82, 2.24) is 4.90 Å². The van der Waals surface area contributed by atoms with Gasteiger partial charge in [-0.25, -0.2) is 4.39 Å². The molecule has 1 N–H and O–H groups in total. The number of benzene rings is 3. The topological polar surface area (TPSA) is 49.4 Å². The summed E-state index contributed by atoms with van der Waals surface area (Å²) in [5, 5.41) is 3.45. The zero-order valence-electron chi connectivity index (χ0n) is 16.4. The van der Waals surface area contributed by atoms with Crippen molar-refractivity contribution in [2.24, 2.45) is 0 Å². The Morgan fingerprint density at radius 3 is 2.57 bits per heavy atom. The monoisotopic (exact) mass is 422 g/mol. The molecule has 4 nitrogen and oxygen atoms in total. The van der Waals surface area contributed by atoms with Gasteiger partial charge in [0, 0.05) is 22.8 Å². The molecule has 4 rings (SSSR count). The summed E-state index contributed by atoms with van der Waals surface area (Å²) >= 11 is 6.15. The van der Waals surface area contributed by atoms with Crippen LogP contribution >= 0.6 is 11.6 Å². The average molecular weight is 423 g/mol. The number of amides is 2. The van der Waals surface area contributed by atoms with E-state index in [4.69, 9.17) is 11.6 Å². The van der Waals surface area contributed by atoms with Crippen molar-refractivity contribution in [3.63, 3.8) is 0 Å². The van der Waals surface area contributed by atoms with Gasteiger partial charge in [0.2, 0.25) is 5.91 Å². The molecule has 0 fully saturated rings. The first-order chi connectivity index (χ1) is 14.4. The van der Waals surface area contributed by atoms with Crippen LogP contribution in [0.2, 0.25) is 5.02 Å². The maximum atomic E-state index is 13.5. The van der Waals surface area contributed by atoms with Crippen molar-refractivity contribution < 1.29 is 14.0 Å². The van der Waals surface area contributed by atoms with Crippen molar-refractivity contribution in [2.75, 3.05) is 5.32 Å². The number of hydrogen-bond acceptors (Lipinski definition) is 2. The smallest absolute Gasteiger partial charge is 0.255 e. The van der Waals surface area contributed by atoms with Crippen molar-refractivity contribution in [1.29, 1.82) is 0 Å². The molecule has 3 aromatic rings. The first-order valence-electron chi connectivity index (χ1n) is 9.63. The van der Waals surface area contributed by atoms with E-state index in [2.05, 4.69) is 5.32 Å². The van der Waals surface area contributed by atoms with Crippen LogP contribution in [0.25, 0.3) is 0 Å². The summed E-state index contributed by atoms with van der Waals surface area (Å²) in [5.74, 6) is -0.752. The van der Waals surface area contributed by atoms with Crippen LogP contribution in [-0.4, -0.2) is 16.7 Å². The number of nitrogens with zero attached hydrogens (tertiary/aromatic N) is 1. The molecule has 0 saturated carbocycles. The molecule has 0 radical (unpaired) electrons. The van der Waals surface area contributed by atoms with E-state index < -0.39 is 6.04 Å². The van der Waals surface area contributed by atoms with Crippen molar-refractivity contribution in [3.05, 3.63) is 99.8 Å². The second kappa shape index (κ2) is 8.28. The molecule has 0 bridgehead atoms. The number of rotatable bonds is 5. The van der Waals surface area contributed by atoms with Gasteiger partial charge in [0.1, 0.15) is 5.82 Å². The molecule has 1 atom stereocenters. The van der Waals surface area contributed by atoms with Gasteiger partial charge in [-0.2, -0.15) is 0 Å². The molecule has 3 aromatic carbocycles. The maximum Gasteiger partial charge on any atom is 0.255 e. The van der Waals surface area contributed by atoms with Crippen molar-refractivity contribution in [2.45, 2.75) is 25.9 Å². The third-order valence-corrected chi connectivity index (χ3v) is 5.81. The Balaban J connectivity index is 1.62. The zero-order chi connectivity index (χ0) is 21.3. The molecule has 30 heavy (non-hydrogen) atoms. The van der Waals surface area contributed by atoms with E-state index in [1.807, 2.05) is 25.1 Å². The minimum Gasteiger partial charge on any atom is -0.327 e. The molecule has 1 aliphatic rings. The fourth-order valence-corrected chi connectivity index (χ4v) is 3.92. The number of carbonyl (C=O) groups is 2. The fraction of sp³-hybridized carbons (Fsp3) is 0.167. The Morgan fingerprint density at radius 1 is 1.10 bits per heavy atom. The predicted molar refractivity (Wildman–Crippen MR) is 115 cm³/mol. The Hall–Kier alpha value is -3.18. The molecule has 2 amide bonds. The predicted octanol–water partition coefficient (Wildman–Crippen LogP) is 5.51. The van der Waals surface area contributed by atoms with E-state index in [1.54, 1.807) is 41.3 Å². The van der Waals surface area contributed by atoms with E-state index in [-0.39, 0.29) is 24.1 Å². The molecule has 0 unspecified atom stereocenters. The Kier molecular flexibility index (Phi) is 5.55. The highest BCUT2D eigenvalue weighted by atomic mass is 35.5. The molecule has 0 saturated heterocycles. The van der Waals surface area contributed by atoms with Crippen LogP contribution in [-0.2, 0) is 11.3 Å². The molecule has 0 spiro atoms. The number of fused-ring (bicyclic) bond motifs is 1. The third kappa shape index (κ3) is 3.94. The molecule has 152 valence electrons. The van der Waals surface area contributed by atoms with Crippen molar-refractivity contribution >= 4 is 29.1 Å². The lowest BCUT2D eigenvalue weighted by Gasteiger charge is -2.28. The van der Waals surface area contributed by atoms with Crippen LogP contribution in [0.3, 0.4) is 0 Å². The van der Waals surface area contributed by atoms with Crippen LogP contribution in [0.5, 0.6) is 0 Å². The SMILES string of the molecule is Cc1c(Cl)cccc1NC(=O)C[C@@H](c1ccc(F)cc1)N1Cc2ccccc2C1=O. The number of anilines is 1. The van der Waals surface area contributed by atoms with Gasteiger partial charge in [0.25, 0.3) is 5.91 Å². The first-order valence-corrected chi connectivity index (χ1v) is 10.0.